The Balaban J connectivity index is 1.46. The maximum atomic E-state index is 12.3. The first-order chi connectivity index (χ1) is 14.8. The van der Waals surface area contributed by atoms with Crippen molar-refractivity contribution in [2.24, 2.45) is 5.16 Å². The van der Waals surface area contributed by atoms with Gasteiger partial charge in [-0.05, 0) is 47.7 Å². The van der Waals surface area contributed by atoms with E-state index in [1.54, 1.807) is 24.3 Å². The number of hydrogen-bond acceptors (Lipinski definition) is 4. The lowest BCUT2D eigenvalue weighted by molar-refractivity contribution is 0.0515. The molecule has 0 atom stereocenters. The number of aromatic nitrogens is 2. The first kappa shape index (κ1) is 18.3. The normalized spacial score (nSPS) is 14.6. The largest absolute Gasteiger partial charge is 0.365 e. The summed E-state index contributed by atoms with van der Waals surface area (Å²) in [4.78, 5) is 17.6. The van der Waals surface area contributed by atoms with Crippen molar-refractivity contribution in [1.82, 2.24) is 10.2 Å². The Morgan fingerprint density at radius 1 is 0.967 bits per heavy atom. The van der Waals surface area contributed by atoms with Crippen LogP contribution in [0.25, 0.3) is 10.8 Å². The van der Waals surface area contributed by atoms with E-state index in [9.17, 15) is 4.79 Å². The summed E-state index contributed by atoms with van der Waals surface area (Å²) in [5.41, 5.74) is 5.48. The number of rotatable bonds is 4. The molecule has 3 aromatic carbocycles. The van der Waals surface area contributed by atoms with Crippen molar-refractivity contribution in [1.29, 1.82) is 0 Å². The highest BCUT2D eigenvalue weighted by Gasteiger charge is 2.24. The van der Waals surface area contributed by atoms with E-state index >= 15 is 0 Å². The van der Waals surface area contributed by atoms with Gasteiger partial charge in [0.05, 0.1) is 17.0 Å². The number of hydrogen-bond donors (Lipinski definition) is 1. The molecule has 5 rings (SSSR count). The SMILES string of the molecule is O=C(ON=C1CCCc2[nH]nc(Cc3cccc4ccccc34)c21)c1ccccc1. The van der Waals surface area contributed by atoms with Crippen LogP contribution in [0.1, 0.15) is 45.7 Å². The van der Waals surface area contributed by atoms with Crippen molar-refractivity contribution in [3.05, 3.63) is 101 Å². The zero-order valence-electron chi connectivity index (χ0n) is 16.5. The molecule has 5 nitrogen and oxygen atoms in total. The Bertz CT molecular complexity index is 1240. The summed E-state index contributed by atoms with van der Waals surface area (Å²) < 4.78 is 0. The second-order valence-electron chi connectivity index (χ2n) is 7.48. The van der Waals surface area contributed by atoms with E-state index in [4.69, 9.17) is 4.84 Å². The minimum Gasteiger partial charge on any atom is -0.313 e. The zero-order valence-corrected chi connectivity index (χ0v) is 16.5. The van der Waals surface area contributed by atoms with Gasteiger partial charge in [-0.3, -0.25) is 5.10 Å². The Labute approximate surface area is 174 Å². The van der Waals surface area contributed by atoms with Crippen LogP contribution < -0.4 is 0 Å². The maximum absolute atomic E-state index is 12.3. The number of carbonyl (C=O) groups excluding carboxylic acids is 1. The maximum Gasteiger partial charge on any atom is 0.365 e. The molecular formula is C25H21N3O2. The molecule has 148 valence electrons. The first-order valence-corrected chi connectivity index (χ1v) is 10.2. The van der Waals surface area contributed by atoms with E-state index in [0.29, 0.717) is 12.0 Å². The van der Waals surface area contributed by atoms with E-state index in [1.807, 2.05) is 12.1 Å². The molecule has 0 fully saturated rings. The average molecular weight is 395 g/mol. The summed E-state index contributed by atoms with van der Waals surface area (Å²) in [5.74, 6) is -0.450. The Morgan fingerprint density at radius 3 is 2.67 bits per heavy atom. The molecule has 1 heterocycles. The number of aromatic amines is 1. The van der Waals surface area contributed by atoms with Gasteiger partial charge in [0, 0.05) is 17.7 Å². The third kappa shape index (κ3) is 3.50. The summed E-state index contributed by atoms with van der Waals surface area (Å²) in [6, 6.07) is 23.6. The van der Waals surface area contributed by atoms with Gasteiger partial charge in [-0.1, -0.05) is 65.8 Å². The minimum atomic E-state index is -0.450. The Morgan fingerprint density at radius 2 is 1.77 bits per heavy atom. The van der Waals surface area contributed by atoms with Crippen LogP contribution in [-0.4, -0.2) is 21.9 Å². The summed E-state index contributed by atoms with van der Waals surface area (Å²) in [5, 5.41) is 14.4. The number of oxime groups is 1. The van der Waals surface area contributed by atoms with Gasteiger partial charge in [-0.2, -0.15) is 5.10 Å². The van der Waals surface area contributed by atoms with Crippen LogP contribution in [0, 0.1) is 0 Å². The van der Waals surface area contributed by atoms with Gasteiger partial charge in [0.25, 0.3) is 0 Å². The number of aryl methyl sites for hydroxylation is 1. The Kier molecular flexibility index (Phi) is 4.85. The molecule has 1 aromatic heterocycles. The molecule has 0 saturated heterocycles. The predicted molar refractivity (Wildman–Crippen MR) is 117 cm³/mol. The molecular weight excluding hydrogens is 374 g/mol. The molecule has 4 aromatic rings. The summed E-state index contributed by atoms with van der Waals surface area (Å²) in [6.07, 6.45) is 3.32. The second kappa shape index (κ2) is 7.95. The van der Waals surface area contributed by atoms with Crippen LogP contribution in [0.4, 0.5) is 0 Å². The van der Waals surface area contributed by atoms with Gasteiger partial charge in [0.2, 0.25) is 0 Å². The smallest absolute Gasteiger partial charge is 0.313 e. The number of benzene rings is 3. The highest BCUT2D eigenvalue weighted by molar-refractivity contribution is 6.04. The second-order valence-corrected chi connectivity index (χ2v) is 7.48. The lowest BCUT2D eigenvalue weighted by Crippen LogP contribution is -2.14. The van der Waals surface area contributed by atoms with Crippen molar-refractivity contribution >= 4 is 22.5 Å². The Hall–Kier alpha value is -3.73. The van der Waals surface area contributed by atoms with E-state index in [-0.39, 0.29) is 0 Å². The molecule has 0 unspecified atom stereocenters. The van der Waals surface area contributed by atoms with E-state index in [0.717, 1.165) is 41.9 Å². The van der Waals surface area contributed by atoms with Crippen LogP contribution in [0.3, 0.4) is 0 Å². The molecule has 0 bridgehead atoms. The van der Waals surface area contributed by atoms with Crippen LogP contribution >= 0.6 is 0 Å². The summed E-state index contributed by atoms with van der Waals surface area (Å²) in [6.45, 7) is 0. The van der Waals surface area contributed by atoms with Crippen molar-refractivity contribution in [3.63, 3.8) is 0 Å². The minimum absolute atomic E-state index is 0.450. The fourth-order valence-corrected chi connectivity index (χ4v) is 4.07. The fourth-order valence-electron chi connectivity index (χ4n) is 4.07. The summed E-state index contributed by atoms with van der Waals surface area (Å²) in [7, 11) is 0. The third-order valence-electron chi connectivity index (χ3n) is 5.53. The van der Waals surface area contributed by atoms with Crippen molar-refractivity contribution in [2.75, 3.05) is 0 Å². The molecule has 30 heavy (non-hydrogen) atoms. The molecule has 0 amide bonds. The molecule has 5 heteroatoms. The number of nitrogens with zero attached hydrogens (tertiary/aromatic N) is 2. The molecule has 1 aliphatic rings. The highest BCUT2D eigenvalue weighted by atomic mass is 16.7. The number of carbonyl (C=O) groups is 1. The third-order valence-corrected chi connectivity index (χ3v) is 5.53. The topological polar surface area (TPSA) is 67.3 Å². The molecule has 0 spiro atoms. The quantitative estimate of drug-likeness (QED) is 0.388. The highest BCUT2D eigenvalue weighted by Crippen LogP contribution is 2.27. The molecule has 0 aliphatic heterocycles. The van der Waals surface area contributed by atoms with E-state index < -0.39 is 5.97 Å². The van der Waals surface area contributed by atoms with Crippen molar-refractivity contribution < 1.29 is 9.63 Å². The summed E-state index contributed by atoms with van der Waals surface area (Å²) >= 11 is 0. The van der Waals surface area contributed by atoms with Crippen molar-refractivity contribution in [2.45, 2.75) is 25.7 Å². The lowest BCUT2D eigenvalue weighted by Gasteiger charge is -2.14. The van der Waals surface area contributed by atoms with Crippen LogP contribution in [0.5, 0.6) is 0 Å². The number of fused-ring (bicyclic) bond motifs is 2. The van der Waals surface area contributed by atoms with Crippen LogP contribution in [-0.2, 0) is 17.7 Å². The first-order valence-electron chi connectivity index (χ1n) is 10.2. The van der Waals surface area contributed by atoms with Gasteiger partial charge in [0.1, 0.15) is 0 Å². The average Bonchev–Trinajstić information content (AvgIpc) is 3.22. The molecule has 1 N–H and O–H groups in total. The van der Waals surface area contributed by atoms with Gasteiger partial charge < -0.3 is 4.84 Å². The standard InChI is InChI=1S/C25H21N3O2/c29-25(18-9-2-1-3-10-18)30-28-22-15-7-14-21-24(22)23(27-26-21)16-19-12-6-11-17-8-4-5-13-20(17)19/h1-6,8-13H,7,14-16H2,(H,26,27). The molecule has 1 aliphatic carbocycles. The zero-order chi connectivity index (χ0) is 20.3. The fraction of sp³-hybridized carbons (Fsp3) is 0.160. The van der Waals surface area contributed by atoms with Gasteiger partial charge >= 0.3 is 5.97 Å². The van der Waals surface area contributed by atoms with Crippen LogP contribution in [0.15, 0.2) is 78.0 Å². The molecule has 0 radical (unpaired) electrons. The van der Waals surface area contributed by atoms with E-state index in [1.165, 1.54) is 16.3 Å². The van der Waals surface area contributed by atoms with Gasteiger partial charge in [-0.25, -0.2) is 4.79 Å². The lowest BCUT2D eigenvalue weighted by atomic mass is 9.91. The van der Waals surface area contributed by atoms with Gasteiger partial charge in [-0.15, -0.1) is 0 Å². The van der Waals surface area contributed by atoms with E-state index in [2.05, 4.69) is 51.8 Å². The predicted octanol–water partition coefficient (Wildman–Crippen LogP) is 5.05. The monoisotopic (exact) mass is 395 g/mol. The van der Waals surface area contributed by atoms with Gasteiger partial charge in [0.15, 0.2) is 0 Å². The molecule has 0 saturated carbocycles. The van der Waals surface area contributed by atoms with Crippen LogP contribution in [0.2, 0.25) is 0 Å². The van der Waals surface area contributed by atoms with Crippen molar-refractivity contribution in [3.8, 4) is 0 Å². The number of H-pyrrole nitrogens is 1. The number of nitrogens with one attached hydrogen (secondary N) is 1.